The molecule has 0 aliphatic carbocycles. The fourth-order valence-electron chi connectivity index (χ4n) is 2.87. The molecule has 0 saturated heterocycles. The Morgan fingerprint density at radius 2 is 0.929 bits per heavy atom. The van der Waals surface area contributed by atoms with Crippen LogP contribution in [0.3, 0.4) is 0 Å². The van der Waals surface area contributed by atoms with Crippen LogP contribution in [-0.4, -0.2) is 21.3 Å². The van der Waals surface area contributed by atoms with Crippen molar-refractivity contribution in [2.75, 3.05) is 21.3 Å². The van der Waals surface area contributed by atoms with Gasteiger partial charge in [0, 0.05) is 11.1 Å². The van der Waals surface area contributed by atoms with E-state index in [0.717, 1.165) is 39.5 Å². The lowest BCUT2D eigenvalue weighted by Gasteiger charge is -2.09. The molecule has 0 aliphatic heterocycles. The normalized spacial score (nSPS) is 11.1. The monoisotopic (exact) mass is 372 g/mol. The highest BCUT2D eigenvalue weighted by atomic mass is 16.5. The molecule has 0 saturated carbocycles. The summed E-state index contributed by atoms with van der Waals surface area (Å²) in [5.41, 5.74) is 4.24. The minimum Gasteiger partial charge on any atom is -0.497 e. The van der Waals surface area contributed by atoms with E-state index in [4.69, 9.17) is 14.2 Å². The molecular weight excluding hydrogens is 348 g/mol. The minimum absolute atomic E-state index is 0.844. The topological polar surface area (TPSA) is 27.7 Å². The molecule has 28 heavy (non-hydrogen) atoms. The van der Waals surface area contributed by atoms with Gasteiger partial charge in [0.05, 0.1) is 21.3 Å². The first-order valence-corrected chi connectivity index (χ1v) is 9.05. The summed E-state index contributed by atoms with van der Waals surface area (Å²) < 4.78 is 16.1. The van der Waals surface area contributed by atoms with Crippen LogP contribution in [0.4, 0.5) is 0 Å². The fourth-order valence-corrected chi connectivity index (χ4v) is 2.87. The van der Waals surface area contributed by atoms with Crippen LogP contribution in [0.25, 0.3) is 24.3 Å². The summed E-state index contributed by atoms with van der Waals surface area (Å²) >= 11 is 0. The largest absolute Gasteiger partial charge is 0.497 e. The zero-order valence-electron chi connectivity index (χ0n) is 16.4. The number of methoxy groups -OCH3 is 3. The standard InChI is InChI=1S/C25H24O3/c1-26-23-15-9-19(10-16-23)7-13-21-5-4-6-22(25(21)28-3)14-8-20-11-17-24(27-2)18-12-20/h4-18H,1-3H3/b13-7+,14-8+. The van der Waals surface area contributed by atoms with Crippen LogP contribution in [0.2, 0.25) is 0 Å². The van der Waals surface area contributed by atoms with Gasteiger partial charge in [-0.2, -0.15) is 0 Å². The molecule has 3 aromatic rings. The van der Waals surface area contributed by atoms with Gasteiger partial charge in [-0.15, -0.1) is 0 Å². The third-order valence-electron chi connectivity index (χ3n) is 4.42. The van der Waals surface area contributed by atoms with E-state index < -0.39 is 0 Å². The van der Waals surface area contributed by atoms with Crippen LogP contribution in [-0.2, 0) is 0 Å². The van der Waals surface area contributed by atoms with Gasteiger partial charge in [-0.3, -0.25) is 0 Å². The van der Waals surface area contributed by atoms with Crippen molar-refractivity contribution < 1.29 is 14.2 Å². The van der Waals surface area contributed by atoms with E-state index >= 15 is 0 Å². The Morgan fingerprint density at radius 1 is 0.500 bits per heavy atom. The Labute approximate surface area is 166 Å². The van der Waals surface area contributed by atoms with Gasteiger partial charge in [0.2, 0.25) is 0 Å². The molecule has 0 spiro atoms. The van der Waals surface area contributed by atoms with Crippen molar-refractivity contribution in [2.24, 2.45) is 0 Å². The third-order valence-corrected chi connectivity index (χ3v) is 4.42. The Balaban J connectivity index is 1.83. The van der Waals surface area contributed by atoms with Crippen LogP contribution in [0.15, 0.2) is 66.7 Å². The molecule has 0 unspecified atom stereocenters. The van der Waals surface area contributed by atoms with Crippen molar-refractivity contribution in [2.45, 2.75) is 0 Å². The number of ether oxygens (including phenoxy) is 3. The molecule has 142 valence electrons. The minimum atomic E-state index is 0.844. The molecule has 0 aromatic heterocycles. The van der Waals surface area contributed by atoms with Crippen molar-refractivity contribution in [3.8, 4) is 17.2 Å². The molecule has 0 heterocycles. The van der Waals surface area contributed by atoms with Gasteiger partial charge in [0.15, 0.2) is 0 Å². The van der Waals surface area contributed by atoms with E-state index in [1.54, 1.807) is 21.3 Å². The molecule has 3 nitrogen and oxygen atoms in total. The number of rotatable bonds is 7. The van der Waals surface area contributed by atoms with Crippen molar-refractivity contribution in [3.05, 3.63) is 89.0 Å². The van der Waals surface area contributed by atoms with E-state index in [9.17, 15) is 0 Å². The van der Waals surface area contributed by atoms with E-state index in [1.165, 1.54) is 0 Å². The molecule has 0 aliphatic rings. The highest BCUT2D eigenvalue weighted by Gasteiger charge is 2.04. The lowest BCUT2D eigenvalue weighted by molar-refractivity contribution is 0.413. The molecule has 0 fully saturated rings. The SMILES string of the molecule is COc1ccc(/C=C/c2cccc(/C=C/c3ccc(OC)cc3)c2OC)cc1. The smallest absolute Gasteiger partial charge is 0.133 e. The molecule has 3 heteroatoms. The molecular formula is C25H24O3. The summed E-state index contributed by atoms with van der Waals surface area (Å²) in [7, 11) is 5.03. The van der Waals surface area contributed by atoms with Gasteiger partial charge in [0.25, 0.3) is 0 Å². The molecule has 0 bridgehead atoms. The highest BCUT2D eigenvalue weighted by Crippen LogP contribution is 2.28. The molecule has 0 N–H and O–H groups in total. The van der Waals surface area contributed by atoms with Crippen LogP contribution in [0.1, 0.15) is 22.3 Å². The van der Waals surface area contributed by atoms with Crippen molar-refractivity contribution in [1.82, 2.24) is 0 Å². The van der Waals surface area contributed by atoms with Gasteiger partial charge in [-0.05, 0) is 35.4 Å². The van der Waals surface area contributed by atoms with E-state index in [1.807, 2.05) is 66.7 Å². The van der Waals surface area contributed by atoms with Gasteiger partial charge >= 0.3 is 0 Å². The first-order valence-electron chi connectivity index (χ1n) is 9.05. The van der Waals surface area contributed by atoms with Crippen molar-refractivity contribution in [3.63, 3.8) is 0 Å². The Morgan fingerprint density at radius 3 is 1.29 bits per heavy atom. The molecule has 0 radical (unpaired) electrons. The van der Waals surface area contributed by atoms with Crippen LogP contribution in [0.5, 0.6) is 17.2 Å². The maximum atomic E-state index is 5.68. The number of hydrogen-bond donors (Lipinski definition) is 0. The predicted octanol–water partition coefficient (Wildman–Crippen LogP) is 6.05. The zero-order chi connectivity index (χ0) is 19.8. The second-order valence-electron chi connectivity index (χ2n) is 6.18. The van der Waals surface area contributed by atoms with Crippen LogP contribution in [0, 0.1) is 0 Å². The summed E-state index contributed by atoms with van der Waals surface area (Å²) in [6.07, 6.45) is 8.25. The van der Waals surface area contributed by atoms with Crippen LogP contribution >= 0.6 is 0 Å². The molecule has 0 atom stereocenters. The van der Waals surface area contributed by atoms with Crippen LogP contribution < -0.4 is 14.2 Å². The second-order valence-corrected chi connectivity index (χ2v) is 6.18. The van der Waals surface area contributed by atoms with Gasteiger partial charge in [-0.1, -0.05) is 66.8 Å². The number of hydrogen-bond acceptors (Lipinski definition) is 3. The third kappa shape index (κ3) is 4.83. The fraction of sp³-hybridized carbons (Fsp3) is 0.120. The summed E-state index contributed by atoms with van der Waals surface area (Å²) in [5.74, 6) is 2.54. The van der Waals surface area contributed by atoms with Gasteiger partial charge < -0.3 is 14.2 Å². The number of para-hydroxylation sites is 1. The lowest BCUT2D eigenvalue weighted by Crippen LogP contribution is -1.90. The summed E-state index contributed by atoms with van der Waals surface area (Å²) in [6.45, 7) is 0. The van der Waals surface area contributed by atoms with E-state index in [2.05, 4.69) is 24.3 Å². The Hall–Kier alpha value is -3.46. The Kier molecular flexibility index (Phi) is 6.53. The average Bonchev–Trinajstić information content (AvgIpc) is 2.76. The Bertz CT molecular complexity index is 876. The first kappa shape index (κ1) is 19.3. The van der Waals surface area contributed by atoms with Crippen molar-refractivity contribution >= 4 is 24.3 Å². The highest BCUT2D eigenvalue weighted by molar-refractivity contribution is 5.79. The predicted molar refractivity (Wildman–Crippen MR) is 117 cm³/mol. The van der Waals surface area contributed by atoms with Gasteiger partial charge in [0.1, 0.15) is 17.2 Å². The number of benzene rings is 3. The summed E-state index contributed by atoms with van der Waals surface area (Å²) in [5, 5.41) is 0. The maximum Gasteiger partial charge on any atom is 0.133 e. The van der Waals surface area contributed by atoms with E-state index in [-0.39, 0.29) is 0 Å². The first-order chi connectivity index (χ1) is 13.7. The zero-order valence-corrected chi connectivity index (χ0v) is 16.4. The van der Waals surface area contributed by atoms with Crippen molar-refractivity contribution in [1.29, 1.82) is 0 Å². The molecule has 3 aromatic carbocycles. The lowest BCUT2D eigenvalue weighted by atomic mass is 10.1. The second kappa shape index (κ2) is 9.47. The summed E-state index contributed by atoms with van der Waals surface area (Å²) in [4.78, 5) is 0. The average molecular weight is 372 g/mol. The maximum absolute atomic E-state index is 5.68. The quantitative estimate of drug-likeness (QED) is 0.472. The van der Waals surface area contributed by atoms with E-state index in [0.29, 0.717) is 0 Å². The molecule has 0 amide bonds. The van der Waals surface area contributed by atoms with Gasteiger partial charge in [-0.25, -0.2) is 0 Å². The summed E-state index contributed by atoms with van der Waals surface area (Å²) in [6, 6.07) is 22.0. The molecule has 3 rings (SSSR count).